The molecule has 0 atom stereocenters. The number of carboxylic acids is 1. The largest absolute Gasteiger partial charge is 0.481 e. The lowest BCUT2D eigenvalue weighted by Gasteiger charge is -2.22. The number of ether oxygens (including phenoxy) is 1. The normalized spacial score (nSPS) is 13.9. The second-order valence-corrected chi connectivity index (χ2v) is 4.32. The predicted molar refractivity (Wildman–Crippen MR) is 66.0 cm³/mol. The summed E-state index contributed by atoms with van der Waals surface area (Å²) in [6.45, 7) is 0.360. The molecule has 1 aromatic heterocycles. The first-order valence-corrected chi connectivity index (χ1v) is 6.00. The number of anilines is 1. The highest BCUT2D eigenvalue weighted by Gasteiger charge is 2.30. The average Bonchev–Trinajstić information content (AvgIpc) is 3.23. The summed E-state index contributed by atoms with van der Waals surface area (Å²) < 4.78 is 4.59. The van der Waals surface area contributed by atoms with E-state index in [-0.39, 0.29) is 12.1 Å². The van der Waals surface area contributed by atoms with Crippen LogP contribution in [-0.4, -0.2) is 46.7 Å². The number of methoxy groups -OCH3 is 1. The molecule has 0 aromatic carbocycles. The van der Waals surface area contributed by atoms with Gasteiger partial charge in [-0.05, 0) is 12.8 Å². The van der Waals surface area contributed by atoms with Crippen molar-refractivity contribution in [1.29, 1.82) is 0 Å². The molecule has 7 nitrogen and oxygen atoms in total. The van der Waals surface area contributed by atoms with E-state index in [1.54, 1.807) is 0 Å². The van der Waals surface area contributed by atoms with Crippen LogP contribution in [0, 0.1) is 0 Å². The maximum Gasteiger partial charge on any atom is 0.358 e. The molecule has 0 spiro atoms. The van der Waals surface area contributed by atoms with Gasteiger partial charge in [-0.15, -0.1) is 0 Å². The van der Waals surface area contributed by atoms with Crippen molar-refractivity contribution < 1.29 is 19.4 Å². The third kappa shape index (κ3) is 3.40. The molecule has 1 fully saturated rings. The molecule has 0 saturated heterocycles. The van der Waals surface area contributed by atoms with Crippen molar-refractivity contribution in [3.05, 3.63) is 18.1 Å². The summed E-state index contributed by atoms with van der Waals surface area (Å²) in [5, 5.41) is 8.76. The number of carboxylic acid groups (broad SMARTS) is 1. The number of esters is 1. The van der Waals surface area contributed by atoms with Crippen LogP contribution in [0.2, 0.25) is 0 Å². The maximum absolute atomic E-state index is 11.4. The zero-order valence-electron chi connectivity index (χ0n) is 10.6. The summed E-state index contributed by atoms with van der Waals surface area (Å²) in [5.41, 5.74) is 0.126. The second-order valence-electron chi connectivity index (χ2n) is 4.32. The van der Waals surface area contributed by atoms with Gasteiger partial charge in [-0.25, -0.2) is 9.78 Å². The predicted octanol–water partition coefficient (Wildman–Crippen LogP) is 0.707. The van der Waals surface area contributed by atoms with Crippen molar-refractivity contribution in [3.8, 4) is 0 Å². The van der Waals surface area contributed by atoms with Crippen LogP contribution in [0.4, 0.5) is 5.82 Å². The summed E-state index contributed by atoms with van der Waals surface area (Å²) in [5.74, 6) is -0.891. The molecule has 0 bridgehead atoms. The van der Waals surface area contributed by atoms with Crippen LogP contribution >= 0.6 is 0 Å². The number of aromatic nitrogens is 2. The van der Waals surface area contributed by atoms with Crippen LogP contribution in [0.5, 0.6) is 0 Å². The molecule has 1 N–H and O–H groups in total. The quantitative estimate of drug-likeness (QED) is 0.757. The highest BCUT2D eigenvalue weighted by molar-refractivity contribution is 5.87. The lowest BCUT2D eigenvalue weighted by atomic mass is 10.3. The molecule has 1 heterocycles. The maximum atomic E-state index is 11.4. The van der Waals surface area contributed by atoms with Gasteiger partial charge in [0.25, 0.3) is 0 Å². The smallest absolute Gasteiger partial charge is 0.358 e. The lowest BCUT2D eigenvalue weighted by Crippen LogP contribution is -2.29. The van der Waals surface area contributed by atoms with Crippen LogP contribution in [0.1, 0.15) is 29.8 Å². The van der Waals surface area contributed by atoms with Gasteiger partial charge in [0.2, 0.25) is 0 Å². The van der Waals surface area contributed by atoms with Gasteiger partial charge in [0, 0.05) is 12.6 Å². The van der Waals surface area contributed by atoms with E-state index in [9.17, 15) is 9.59 Å². The zero-order chi connectivity index (χ0) is 13.8. The minimum Gasteiger partial charge on any atom is -0.481 e. The molecular formula is C12H15N3O4. The van der Waals surface area contributed by atoms with Crippen molar-refractivity contribution >= 4 is 17.8 Å². The van der Waals surface area contributed by atoms with E-state index in [1.807, 2.05) is 4.90 Å². The number of carbonyl (C=O) groups excluding carboxylic acids is 1. The third-order valence-corrected chi connectivity index (χ3v) is 2.86. The fourth-order valence-corrected chi connectivity index (χ4v) is 1.78. The Kier molecular flexibility index (Phi) is 3.94. The SMILES string of the molecule is COC(=O)c1cncc(N(CCC(=O)O)C2CC2)n1. The molecule has 1 aromatic rings. The van der Waals surface area contributed by atoms with Crippen molar-refractivity contribution in [2.24, 2.45) is 0 Å². The molecule has 19 heavy (non-hydrogen) atoms. The number of rotatable bonds is 6. The molecule has 0 aliphatic heterocycles. The highest BCUT2D eigenvalue weighted by Crippen LogP contribution is 2.30. The minimum atomic E-state index is -0.859. The number of aliphatic carboxylic acids is 1. The van der Waals surface area contributed by atoms with E-state index in [4.69, 9.17) is 5.11 Å². The second kappa shape index (κ2) is 5.64. The van der Waals surface area contributed by atoms with Crippen molar-refractivity contribution in [3.63, 3.8) is 0 Å². The van der Waals surface area contributed by atoms with Crippen molar-refractivity contribution in [2.75, 3.05) is 18.6 Å². The first-order valence-electron chi connectivity index (χ1n) is 6.00. The zero-order valence-corrected chi connectivity index (χ0v) is 10.6. The van der Waals surface area contributed by atoms with Crippen LogP contribution in [0.25, 0.3) is 0 Å². The Morgan fingerprint density at radius 2 is 2.21 bits per heavy atom. The molecule has 2 rings (SSSR count). The number of carbonyl (C=O) groups is 2. The van der Waals surface area contributed by atoms with Gasteiger partial charge in [-0.1, -0.05) is 0 Å². The molecule has 0 unspecified atom stereocenters. The average molecular weight is 265 g/mol. The molecule has 7 heteroatoms. The molecule has 1 saturated carbocycles. The first-order chi connectivity index (χ1) is 9.11. The fraction of sp³-hybridized carbons (Fsp3) is 0.500. The minimum absolute atomic E-state index is 0.0284. The fourth-order valence-electron chi connectivity index (χ4n) is 1.78. The van der Waals surface area contributed by atoms with E-state index < -0.39 is 11.9 Å². The lowest BCUT2D eigenvalue weighted by molar-refractivity contribution is -0.136. The number of nitrogens with zero attached hydrogens (tertiary/aromatic N) is 3. The number of hydrogen-bond donors (Lipinski definition) is 1. The Balaban J connectivity index is 2.16. The molecular weight excluding hydrogens is 250 g/mol. The van der Waals surface area contributed by atoms with Gasteiger partial charge in [-0.2, -0.15) is 0 Å². The monoisotopic (exact) mass is 265 g/mol. The summed E-state index contributed by atoms with van der Waals surface area (Å²) >= 11 is 0. The summed E-state index contributed by atoms with van der Waals surface area (Å²) in [7, 11) is 1.28. The third-order valence-electron chi connectivity index (χ3n) is 2.86. The molecule has 1 aliphatic carbocycles. The van der Waals surface area contributed by atoms with Crippen molar-refractivity contribution in [2.45, 2.75) is 25.3 Å². The van der Waals surface area contributed by atoms with E-state index in [0.717, 1.165) is 12.8 Å². The molecule has 0 amide bonds. The van der Waals surface area contributed by atoms with Gasteiger partial charge < -0.3 is 14.7 Å². The van der Waals surface area contributed by atoms with Gasteiger partial charge in [0.05, 0.1) is 25.9 Å². The van der Waals surface area contributed by atoms with Gasteiger partial charge in [0.15, 0.2) is 5.69 Å². The van der Waals surface area contributed by atoms with Gasteiger partial charge in [-0.3, -0.25) is 9.78 Å². The topological polar surface area (TPSA) is 92.6 Å². The molecule has 1 aliphatic rings. The summed E-state index contributed by atoms with van der Waals surface area (Å²) in [6.07, 6.45) is 4.90. The standard InChI is InChI=1S/C12H15N3O4/c1-19-12(18)9-6-13-7-10(14-9)15(8-2-3-8)5-4-11(16)17/h6-8H,2-5H2,1H3,(H,16,17). The summed E-state index contributed by atoms with van der Waals surface area (Å²) in [6, 6.07) is 0.293. The van der Waals surface area contributed by atoms with Crippen LogP contribution in [-0.2, 0) is 9.53 Å². The Morgan fingerprint density at radius 1 is 1.47 bits per heavy atom. The van der Waals surface area contributed by atoms with Crippen LogP contribution in [0.3, 0.4) is 0 Å². The van der Waals surface area contributed by atoms with Gasteiger partial charge >= 0.3 is 11.9 Å². The van der Waals surface area contributed by atoms with E-state index in [1.165, 1.54) is 19.5 Å². The number of hydrogen-bond acceptors (Lipinski definition) is 6. The van der Waals surface area contributed by atoms with Gasteiger partial charge in [0.1, 0.15) is 5.82 Å². The Hall–Kier alpha value is -2.18. The molecule has 0 radical (unpaired) electrons. The first kappa shape index (κ1) is 13.3. The highest BCUT2D eigenvalue weighted by atomic mass is 16.5. The van der Waals surface area contributed by atoms with E-state index >= 15 is 0 Å². The van der Waals surface area contributed by atoms with Crippen LogP contribution in [0.15, 0.2) is 12.4 Å². The summed E-state index contributed by atoms with van der Waals surface area (Å²) in [4.78, 5) is 32.1. The van der Waals surface area contributed by atoms with Crippen LogP contribution < -0.4 is 4.90 Å². The van der Waals surface area contributed by atoms with Crippen molar-refractivity contribution in [1.82, 2.24) is 9.97 Å². The Morgan fingerprint density at radius 3 is 2.79 bits per heavy atom. The Bertz CT molecular complexity index is 488. The van der Waals surface area contributed by atoms with E-state index in [0.29, 0.717) is 18.4 Å². The Labute approximate surface area is 110 Å². The van der Waals surface area contributed by atoms with E-state index in [2.05, 4.69) is 14.7 Å². The molecule has 102 valence electrons.